The number of thiazole rings is 1. The molecule has 1 aliphatic heterocycles. The summed E-state index contributed by atoms with van der Waals surface area (Å²) in [5.41, 5.74) is 6.95. The largest absolute Gasteiger partial charge is 0.293 e. The zero-order valence-electron chi connectivity index (χ0n) is 17.8. The molecule has 154 valence electrons. The van der Waals surface area contributed by atoms with Crippen molar-refractivity contribution >= 4 is 33.6 Å². The number of nitrogens with zero attached hydrogens (tertiary/aromatic N) is 3. The van der Waals surface area contributed by atoms with E-state index in [-0.39, 0.29) is 5.91 Å². The molecule has 4 rings (SSSR count). The molecule has 2 aromatic carbocycles. The molecule has 1 aliphatic rings. The Kier molecular flexibility index (Phi) is 6.11. The monoisotopic (exact) mass is 417 g/mol. The summed E-state index contributed by atoms with van der Waals surface area (Å²) in [7, 11) is 0. The molecule has 30 heavy (non-hydrogen) atoms. The van der Waals surface area contributed by atoms with Crippen LogP contribution in [0.4, 0.5) is 10.8 Å². The number of hydrogen-bond acceptors (Lipinski definition) is 4. The van der Waals surface area contributed by atoms with Crippen LogP contribution in [0.5, 0.6) is 0 Å². The Morgan fingerprint density at radius 3 is 2.63 bits per heavy atom. The van der Waals surface area contributed by atoms with Crippen LogP contribution in [0.3, 0.4) is 0 Å². The normalized spacial score (nSPS) is 14.4. The van der Waals surface area contributed by atoms with Gasteiger partial charge in [-0.1, -0.05) is 48.5 Å². The standard InChI is InChI=1S/C25H27N3OS/c1-18-8-7-11-24(19(18)2)28(20(3)29)25-26-23(17-30-25)16-27-14-12-22(13-15-27)21-9-5-4-6-10-21/h4-12,17H,13-16H2,1-3H3. The van der Waals surface area contributed by atoms with E-state index in [1.165, 1.54) is 28.0 Å². The molecule has 0 atom stereocenters. The number of carbonyl (C=O) groups excluding carboxylic acids is 1. The van der Waals surface area contributed by atoms with E-state index >= 15 is 0 Å². The van der Waals surface area contributed by atoms with Crippen molar-refractivity contribution in [3.05, 3.63) is 82.4 Å². The molecule has 0 spiro atoms. The van der Waals surface area contributed by atoms with Gasteiger partial charge in [0.2, 0.25) is 5.91 Å². The Hall–Kier alpha value is -2.76. The lowest BCUT2D eigenvalue weighted by Gasteiger charge is -2.26. The highest BCUT2D eigenvalue weighted by Crippen LogP contribution is 2.33. The van der Waals surface area contributed by atoms with Crippen molar-refractivity contribution in [2.45, 2.75) is 33.7 Å². The second kappa shape index (κ2) is 8.94. The number of benzene rings is 2. The second-order valence-corrected chi connectivity index (χ2v) is 8.61. The predicted molar refractivity (Wildman–Crippen MR) is 125 cm³/mol. The molecule has 0 unspecified atom stereocenters. The summed E-state index contributed by atoms with van der Waals surface area (Å²) in [6.07, 6.45) is 3.37. The minimum Gasteiger partial charge on any atom is -0.293 e. The Morgan fingerprint density at radius 2 is 1.93 bits per heavy atom. The minimum atomic E-state index is -0.0157. The molecular formula is C25H27N3OS. The van der Waals surface area contributed by atoms with Gasteiger partial charge in [0.05, 0.1) is 11.4 Å². The van der Waals surface area contributed by atoms with E-state index in [2.05, 4.69) is 66.6 Å². The molecule has 0 saturated heterocycles. The maximum Gasteiger partial charge on any atom is 0.230 e. The molecule has 0 aliphatic carbocycles. The summed E-state index contributed by atoms with van der Waals surface area (Å²) in [4.78, 5) is 21.4. The van der Waals surface area contributed by atoms with Gasteiger partial charge in [0.1, 0.15) is 0 Å². The van der Waals surface area contributed by atoms with Gasteiger partial charge in [-0.15, -0.1) is 11.3 Å². The minimum absolute atomic E-state index is 0.0157. The van der Waals surface area contributed by atoms with E-state index in [0.717, 1.165) is 48.1 Å². The van der Waals surface area contributed by atoms with Gasteiger partial charge in [-0.3, -0.25) is 14.6 Å². The molecule has 0 radical (unpaired) electrons. The Morgan fingerprint density at radius 1 is 1.13 bits per heavy atom. The summed E-state index contributed by atoms with van der Waals surface area (Å²) in [5, 5.41) is 2.82. The van der Waals surface area contributed by atoms with Gasteiger partial charge in [-0.25, -0.2) is 4.98 Å². The lowest BCUT2D eigenvalue weighted by Crippen LogP contribution is -2.28. The van der Waals surface area contributed by atoms with E-state index in [1.54, 1.807) is 11.8 Å². The number of aromatic nitrogens is 1. The van der Waals surface area contributed by atoms with Crippen LogP contribution in [0.1, 0.15) is 35.7 Å². The summed E-state index contributed by atoms with van der Waals surface area (Å²) in [6.45, 7) is 8.46. The fourth-order valence-electron chi connectivity index (χ4n) is 3.86. The van der Waals surface area contributed by atoms with Gasteiger partial charge in [0, 0.05) is 31.9 Å². The van der Waals surface area contributed by atoms with Crippen molar-refractivity contribution < 1.29 is 4.79 Å². The van der Waals surface area contributed by atoms with Gasteiger partial charge >= 0.3 is 0 Å². The van der Waals surface area contributed by atoms with Crippen LogP contribution in [-0.2, 0) is 11.3 Å². The number of hydrogen-bond donors (Lipinski definition) is 0. The van der Waals surface area contributed by atoms with Crippen LogP contribution in [0.25, 0.3) is 5.57 Å². The summed E-state index contributed by atoms with van der Waals surface area (Å²) in [5.74, 6) is -0.0157. The van der Waals surface area contributed by atoms with Crippen molar-refractivity contribution in [1.29, 1.82) is 0 Å². The first-order valence-corrected chi connectivity index (χ1v) is 11.2. The maximum atomic E-state index is 12.5. The highest BCUT2D eigenvalue weighted by molar-refractivity contribution is 7.14. The smallest absolute Gasteiger partial charge is 0.230 e. The quantitative estimate of drug-likeness (QED) is 0.532. The third kappa shape index (κ3) is 4.37. The molecule has 0 saturated carbocycles. The molecule has 0 fully saturated rings. The van der Waals surface area contributed by atoms with E-state index < -0.39 is 0 Å². The van der Waals surface area contributed by atoms with Crippen molar-refractivity contribution in [2.75, 3.05) is 18.0 Å². The third-order valence-electron chi connectivity index (χ3n) is 5.69. The Bertz CT molecular complexity index is 1070. The van der Waals surface area contributed by atoms with Gasteiger partial charge in [-0.05, 0) is 48.6 Å². The second-order valence-electron chi connectivity index (χ2n) is 7.78. The van der Waals surface area contributed by atoms with Gasteiger partial charge in [-0.2, -0.15) is 0 Å². The molecule has 4 nitrogen and oxygen atoms in total. The number of aryl methyl sites for hydroxylation is 1. The highest BCUT2D eigenvalue weighted by Gasteiger charge is 2.21. The van der Waals surface area contributed by atoms with Gasteiger partial charge in [0.15, 0.2) is 5.13 Å². The molecule has 3 aromatic rings. The Labute approximate surface area is 182 Å². The van der Waals surface area contributed by atoms with Crippen molar-refractivity contribution in [3.63, 3.8) is 0 Å². The van der Waals surface area contributed by atoms with Crippen molar-refractivity contribution in [1.82, 2.24) is 9.88 Å². The van der Waals surface area contributed by atoms with Gasteiger partial charge in [0.25, 0.3) is 0 Å². The maximum absolute atomic E-state index is 12.5. The Balaban J connectivity index is 1.48. The van der Waals surface area contributed by atoms with Crippen LogP contribution in [0.2, 0.25) is 0 Å². The van der Waals surface area contributed by atoms with Crippen molar-refractivity contribution in [2.24, 2.45) is 0 Å². The molecule has 0 bridgehead atoms. The van der Waals surface area contributed by atoms with E-state index in [0.29, 0.717) is 0 Å². The number of carbonyl (C=O) groups is 1. The van der Waals surface area contributed by atoms with Crippen LogP contribution < -0.4 is 4.90 Å². The third-order valence-corrected chi connectivity index (χ3v) is 6.56. The van der Waals surface area contributed by atoms with Crippen molar-refractivity contribution in [3.8, 4) is 0 Å². The lowest BCUT2D eigenvalue weighted by molar-refractivity contribution is -0.115. The summed E-state index contributed by atoms with van der Waals surface area (Å²) in [6, 6.07) is 16.7. The summed E-state index contributed by atoms with van der Waals surface area (Å²) < 4.78 is 0. The first-order valence-electron chi connectivity index (χ1n) is 10.3. The molecule has 1 amide bonds. The lowest BCUT2D eigenvalue weighted by atomic mass is 9.99. The molecule has 0 N–H and O–H groups in total. The van der Waals surface area contributed by atoms with E-state index in [9.17, 15) is 4.79 Å². The average molecular weight is 418 g/mol. The average Bonchev–Trinajstić information content (AvgIpc) is 3.20. The van der Waals surface area contributed by atoms with Crippen LogP contribution in [-0.4, -0.2) is 28.9 Å². The van der Waals surface area contributed by atoms with Crippen LogP contribution >= 0.6 is 11.3 Å². The topological polar surface area (TPSA) is 36.4 Å². The first kappa shape index (κ1) is 20.5. The fourth-order valence-corrected chi connectivity index (χ4v) is 4.73. The first-order chi connectivity index (χ1) is 14.5. The van der Waals surface area contributed by atoms with E-state index in [4.69, 9.17) is 4.98 Å². The molecule has 5 heteroatoms. The molecular weight excluding hydrogens is 390 g/mol. The fraction of sp³-hybridized carbons (Fsp3) is 0.280. The highest BCUT2D eigenvalue weighted by atomic mass is 32.1. The predicted octanol–water partition coefficient (Wildman–Crippen LogP) is 5.73. The number of anilines is 2. The summed E-state index contributed by atoms with van der Waals surface area (Å²) >= 11 is 1.53. The van der Waals surface area contributed by atoms with E-state index in [1.807, 2.05) is 12.1 Å². The van der Waals surface area contributed by atoms with Crippen LogP contribution in [0, 0.1) is 13.8 Å². The number of rotatable bonds is 5. The van der Waals surface area contributed by atoms with Gasteiger partial charge < -0.3 is 0 Å². The molecule has 2 heterocycles. The SMILES string of the molecule is CC(=O)N(c1nc(CN2CC=C(c3ccccc3)CC2)cs1)c1cccc(C)c1C. The number of amides is 1. The van der Waals surface area contributed by atoms with Crippen LogP contribution in [0.15, 0.2) is 60.0 Å². The zero-order valence-corrected chi connectivity index (χ0v) is 18.6. The zero-order chi connectivity index (χ0) is 21.1. The molecule has 1 aromatic heterocycles.